The van der Waals surface area contributed by atoms with E-state index in [2.05, 4.69) is 15.9 Å². The summed E-state index contributed by atoms with van der Waals surface area (Å²) in [5.41, 5.74) is 0.974. The maximum Gasteiger partial charge on any atom is 0.179 e. The fourth-order valence-electron chi connectivity index (χ4n) is 1.30. The van der Waals surface area contributed by atoms with Crippen LogP contribution in [0.1, 0.15) is 20.1 Å². The molecule has 84 valence electrons. The molecule has 2 heterocycles. The Morgan fingerprint density at radius 3 is 2.75 bits per heavy atom. The van der Waals surface area contributed by atoms with E-state index in [1.165, 1.54) is 11.3 Å². The molecule has 0 amide bonds. The highest BCUT2D eigenvalue weighted by molar-refractivity contribution is 9.11. The molecule has 0 saturated heterocycles. The van der Waals surface area contributed by atoms with Crippen LogP contribution in [0, 0.1) is 6.92 Å². The smallest absolute Gasteiger partial charge is 0.179 e. The van der Waals surface area contributed by atoms with Crippen LogP contribution in [0.2, 0.25) is 5.02 Å². The zero-order valence-electron chi connectivity index (χ0n) is 8.42. The van der Waals surface area contributed by atoms with Gasteiger partial charge >= 0.3 is 0 Å². The quantitative estimate of drug-likeness (QED) is 0.725. The molecule has 0 radical (unpaired) electrons. The summed E-state index contributed by atoms with van der Waals surface area (Å²) in [5, 5.41) is 2.52. The average Bonchev–Trinajstić information content (AvgIpc) is 2.76. The standard InChI is InChI=1S/C11H8BrClOS2/c1-6-5-15-11(10(6)13)8(14)4-7-2-3-9(12)16-7/h2-3,5H,4H2,1H3. The number of hydrogen-bond acceptors (Lipinski definition) is 3. The van der Waals surface area contributed by atoms with Gasteiger partial charge in [-0.05, 0) is 45.9 Å². The predicted octanol–water partition coefficient (Wildman–Crippen LogP) is 4.96. The van der Waals surface area contributed by atoms with Crippen LogP contribution >= 0.6 is 50.2 Å². The third-order valence-corrected chi connectivity index (χ3v) is 5.48. The average molecular weight is 336 g/mol. The minimum Gasteiger partial charge on any atom is -0.293 e. The van der Waals surface area contributed by atoms with Crippen LogP contribution < -0.4 is 0 Å². The van der Waals surface area contributed by atoms with Gasteiger partial charge in [-0.15, -0.1) is 22.7 Å². The van der Waals surface area contributed by atoms with Crippen LogP contribution in [0.5, 0.6) is 0 Å². The van der Waals surface area contributed by atoms with Gasteiger partial charge in [0.15, 0.2) is 5.78 Å². The Balaban J connectivity index is 2.18. The molecule has 5 heteroatoms. The summed E-state index contributed by atoms with van der Waals surface area (Å²) in [6.07, 6.45) is 0.427. The second kappa shape index (κ2) is 5.00. The van der Waals surface area contributed by atoms with Crippen molar-refractivity contribution in [2.75, 3.05) is 0 Å². The largest absolute Gasteiger partial charge is 0.293 e. The van der Waals surface area contributed by atoms with E-state index in [0.717, 1.165) is 14.2 Å². The molecule has 0 spiro atoms. The Labute approximate surface area is 115 Å². The van der Waals surface area contributed by atoms with E-state index in [9.17, 15) is 4.79 Å². The topological polar surface area (TPSA) is 17.1 Å². The van der Waals surface area contributed by atoms with Gasteiger partial charge in [0.2, 0.25) is 0 Å². The normalized spacial score (nSPS) is 10.7. The molecule has 0 N–H and O–H groups in total. The molecule has 0 aliphatic heterocycles. The minimum atomic E-state index is 0.0949. The van der Waals surface area contributed by atoms with Crippen LogP contribution in [0.3, 0.4) is 0 Å². The molecule has 0 atom stereocenters. The van der Waals surface area contributed by atoms with E-state index < -0.39 is 0 Å². The summed E-state index contributed by atoms with van der Waals surface area (Å²) in [4.78, 5) is 13.7. The van der Waals surface area contributed by atoms with Crippen molar-refractivity contribution >= 4 is 56.0 Å². The first-order chi connectivity index (χ1) is 7.58. The number of thiophene rings is 2. The lowest BCUT2D eigenvalue weighted by molar-refractivity contribution is 0.0998. The second-order valence-corrected chi connectivity index (χ2v) is 7.17. The molecule has 16 heavy (non-hydrogen) atoms. The van der Waals surface area contributed by atoms with Crippen LogP contribution in [-0.2, 0) is 6.42 Å². The van der Waals surface area contributed by atoms with Gasteiger partial charge < -0.3 is 0 Å². The van der Waals surface area contributed by atoms with Gasteiger partial charge in [-0.2, -0.15) is 0 Å². The van der Waals surface area contributed by atoms with Crippen molar-refractivity contribution in [1.29, 1.82) is 0 Å². The lowest BCUT2D eigenvalue weighted by atomic mass is 10.2. The number of halogens is 2. The molecule has 0 aliphatic rings. The fourth-order valence-corrected chi connectivity index (χ4v) is 4.02. The van der Waals surface area contributed by atoms with Crippen LogP contribution in [0.15, 0.2) is 21.3 Å². The lowest BCUT2D eigenvalue weighted by Crippen LogP contribution is -2.00. The van der Waals surface area contributed by atoms with Gasteiger partial charge in [-0.25, -0.2) is 0 Å². The monoisotopic (exact) mass is 334 g/mol. The van der Waals surface area contributed by atoms with Gasteiger partial charge in [0.25, 0.3) is 0 Å². The lowest BCUT2D eigenvalue weighted by Gasteiger charge is -1.96. The van der Waals surface area contributed by atoms with Crippen molar-refractivity contribution in [2.45, 2.75) is 13.3 Å². The molecule has 0 fully saturated rings. The number of aryl methyl sites for hydroxylation is 1. The second-order valence-electron chi connectivity index (χ2n) is 3.37. The van der Waals surface area contributed by atoms with E-state index in [1.807, 2.05) is 24.4 Å². The Bertz CT molecular complexity index is 530. The number of Topliss-reactive ketones (excluding diaryl/α,β-unsaturated/α-hetero) is 1. The summed E-state index contributed by atoms with van der Waals surface area (Å²) < 4.78 is 1.05. The summed E-state index contributed by atoms with van der Waals surface area (Å²) in [6.45, 7) is 1.91. The van der Waals surface area contributed by atoms with Gasteiger partial charge in [-0.3, -0.25) is 4.79 Å². The SMILES string of the molecule is Cc1csc(C(=O)Cc2ccc(Br)s2)c1Cl. The number of hydrogen-bond donors (Lipinski definition) is 0. The summed E-state index contributed by atoms with van der Waals surface area (Å²) in [7, 11) is 0. The van der Waals surface area contributed by atoms with Gasteiger partial charge in [0, 0.05) is 11.3 Å². The minimum absolute atomic E-state index is 0.0949. The van der Waals surface area contributed by atoms with Gasteiger partial charge in [0.05, 0.1) is 13.7 Å². The number of rotatable bonds is 3. The van der Waals surface area contributed by atoms with E-state index in [4.69, 9.17) is 11.6 Å². The van der Waals surface area contributed by atoms with Crippen LogP contribution in [0.25, 0.3) is 0 Å². The first-order valence-electron chi connectivity index (χ1n) is 4.59. The first kappa shape index (κ1) is 12.3. The van der Waals surface area contributed by atoms with E-state index in [-0.39, 0.29) is 5.78 Å². The maximum absolute atomic E-state index is 12.0. The third kappa shape index (κ3) is 2.56. The van der Waals surface area contributed by atoms with Crippen LogP contribution in [-0.4, -0.2) is 5.78 Å². The Morgan fingerprint density at radius 1 is 1.50 bits per heavy atom. The molecule has 2 aromatic heterocycles. The number of ketones is 1. The van der Waals surface area contributed by atoms with Crippen molar-refractivity contribution in [3.8, 4) is 0 Å². The van der Waals surface area contributed by atoms with Crippen LogP contribution in [0.4, 0.5) is 0 Å². The van der Waals surface area contributed by atoms with Gasteiger partial charge in [-0.1, -0.05) is 11.6 Å². The molecule has 2 aromatic rings. The molecule has 0 aliphatic carbocycles. The maximum atomic E-state index is 12.0. The van der Waals surface area contributed by atoms with E-state index >= 15 is 0 Å². The molecule has 1 nitrogen and oxygen atoms in total. The highest BCUT2D eigenvalue weighted by Gasteiger charge is 2.15. The van der Waals surface area contributed by atoms with Crippen molar-refractivity contribution < 1.29 is 4.79 Å². The molecular formula is C11H8BrClOS2. The Kier molecular flexibility index (Phi) is 3.85. The van der Waals surface area contributed by atoms with Crippen molar-refractivity contribution in [3.05, 3.63) is 41.6 Å². The highest BCUT2D eigenvalue weighted by atomic mass is 79.9. The Hall–Kier alpha value is -0.160. The summed E-state index contributed by atoms with van der Waals surface area (Å²) >= 11 is 12.4. The zero-order chi connectivity index (χ0) is 11.7. The molecule has 0 saturated carbocycles. The molecule has 0 bridgehead atoms. The van der Waals surface area contributed by atoms with Crippen molar-refractivity contribution in [3.63, 3.8) is 0 Å². The van der Waals surface area contributed by atoms with E-state index in [0.29, 0.717) is 16.3 Å². The number of carbonyl (C=O) groups is 1. The third-order valence-electron chi connectivity index (χ3n) is 2.12. The molecular weight excluding hydrogens is 328 g/mol. The van der Waals surface area contributed by atoms with Crippen molar-refractivity contribution in [1.82, 2.24) is 0 Å². The molecule has 2 rings (SSSR count). The highest BCUT2D eigenvalue weighted by Crippen LogP contribution is 2.30. The Morgan fingerprint density at radius 2 is 2.25 bits per heavy atom. The molecule has 0 aromatic carbocycles. The fraction of sp³-hybridized carbons (Fsp3) is 0.182. The number of carbonyl (C=O) groups excluding carboxylic acids is 1. The van der Waals surface area contributed by atoms with E-state index in [1.54, 1.807) is 11.3 Å². The first-order valence-corrected chi connectivity index (χ1v) is 7.45. The summed E-state index contributed by atoms with van der Waals surface area (Å²) in [6, 6.07) is 3.91. The zero-order valence-corrected chi connectivity index (χ0v) is 12.4. The van der Waals surface area contributed by atoms with Gasteiger partial charge in [0.1, 0.15) is 0 Å². The molecule has 0 unspecified atom stereocenters. The summed E-state index contributed by atoms with van der Waals surface area (Å²) in [5.74, 6) is 0.0949. The predicted molar refractivity (Wildman–Crippen MR) is 74.1 cm³/mol. The van der Waals surface area contributed by atoms with Crippen molar-refractivity contribution in [2.24, 2.45) is 0 Å².